The predicted molar refractivity (Wildman–Crippen MR) is 91.7 cm³/mol. The lowest BCUT2D eigenvalue weighted by atomic mass is 9.98. The van der Waals surface area contributed by atoms with Gasteiger partial charge in [0.25, 0.3) is 0 Å². The maximum absolute atomic E-state index is 6.05. The van der Waals surface area contributed by atoms with E-state index >= 15 is 0 Å². The van der Waals surface area contributed by atoms with E-state index in [1.165, 1.54) is 42.7 Å². The van der Waals surface area contributed by atoms with E-state index in [0.29, 0.717) is 0 Å². The van der Waals surface area contributed by atoms with Crippen molar-refractivity contribution in [1.82, 2.24) is 0 Å². The number of nitrogens with zero attached hydrogens (tertiary/aromatic N) is 1. The fourth-order valence-corrected chi connectivity index (χ4v) is 3.14. The molecule has 4 rings (SSSR count). The first-order chi connectivity index (χ1) is 9.42. The Labute approximate surface area is 137 Å². The molecule has 0 aromatic heterocycles. The van der Waals surface area contributed by atoms with E-state index in [1.807, 2.05) is 6.07 Å². The molecule has 4 heteroatoms. The van der Waals surface area contributed by atoms with Crippen LogP contribution in [0.15, 0.2) is 42.5 Å². The number of halogens is 2. The monoisotopic (exact) mass is 323 g/mol. The molecule has 2 aliphatic rings. The number of para-hydroxylation sites is 1. The Morgan fingerprint density at radius 1 is 0.810 bits per heavy atom. The molecule has 2 aliphatic heterocycles. The number of anilines is 1. The summed E-state index contributed by atoms with van der Waals surface area (Å²) in [4.78, 5) is 2.50. The summed E-state index contributed by atoms with van der Waals surface area (Å²) in [5.41, 5.74) is 4.01. The molecular formula is C17H19Cl2NO. The third-order valence-corrected chi connectivity index (χ3v) is 4.11. The van der Waals surface area contributed by atoms with Crippen LogP contribution in [0.5, 0.6) is 11.5 Å². The molecule has 21 heavy (non-hydrogen) atoms. The molecule has 2 aromatic carbocycles. The number of ether oxygens (including phenoxy) is 1. The maximum Gasteiger partial charge on any atom is 0.133 e. The Bertz CT molecular complexity index is 624. The zero-order valence-corrected chi connectivity index (χ0v) is 13.4. The summed E-state index contributed by atoms with van der Waals surface area (Å²) in [6.07, 6.45) is 3.60. The molecule has 1 saturated heterocycles. The van der Waals surface area contributed by atoms with E-state index in [2.05, 4.69) is 41.3 Å². The Hall–Kier alpha value is -1.38. The molecule has 0 spiro atoms. The second-order valence-electron chi connectivity index (χ2n) is 5.33. The molecule has 0 unspecified atom stereocenters. The summed E-state index contributed by atoms with van der Waals surface area (Å²) in [6.45, 7) is 2.36. The van der Waals surface area contributed by atoms with Gasteiger partial charge in [-0.3, -0.25) is 0 Å². The molecular weight excluding hydrogens is 305 g/mol. The fourth-order valence-electron chi connectivity index (χ4n) is 3.14. The highest BCUT2D eigenvalue weighted by Crippen LogP contribution is 2.41. The molecule has 0 radical (unpaired) electrons. The summed E-state index contributed by atoms with van der Waals surface area (Å²) in [5.74, 6) is 2.04. The number of fused-ring (bicyclic) bond motifs is 2. The van der Waals surface area contributed by atoms with Crippen LogP contribution < -0.4 is 9.64 Å². The molecule has 2 nitrogen and oxygen atoms in total. The second-order valence-corrected chi connectivity index (χ2v) is 5.33. The average molecular weight is 324 g/mol. The SMILES string of the molecule is Cl.Cl.c1ccc2c(c1)Cc1c(cccc1N1CCCC1)O2. The predicted octanol–water partition coefficient (Wildman–Crippen LogP) is 4.83. The van der Waals surface area contributed by atoms with Gasteiger partial charge < -0.3 is 9.64 Å². The second kappa shape index (κ2) is 6.59. The third kappa shape index (κ3) is 2.83. The lowest BCUT2D eigenvalue weighted by Crippen LogP contribution is -2.20. The minimum absolute atomic E-state index is 0. The van der Waals surface area contributed by atoms with Crippen LogP contribution in [-0.4, -0.2) is 13.1 Å². The molecule has 0 aliphatic carbocycles. The normalized spacial score (nSPS) is 15.1. The van der Waals surface area contributed by atoms with E-state index < -0.39 is 0 Å². The molecule has 2 heterocycles. The summed E-state index contributed by atoms with van der Waals surface area (Å²) in [6, 6.07) is 14.8. The molecule has 2 aromatic rings. The van der Waals surface area contributed by atoms with Crippen LogP contribution in [0.1, 0.15) is 24.0 Å². The first-order valence-electron chi connectivity index (χ1n) is 7.04. The van der Waals surface area contributed by atoms with Crippen molar-refractivity contribution >= 4 is 30.5 Å². The van der Waals surface area contributed by atoms with Crippen molar-refractivity contribution < 1.29 is 4.74 Å². The first kappa shape index (κ1) is 16.0. The Balaban J connectivity index is 0.000000807. The summed E-state index contributed by atoms with van der Waals surface area (Å²) in [7, 11) is 0. The van der Waals surface area contributed by atoms with Crippen molar-refractivity contribution in [3.63, 3.8) is 0 Å². The fraction of sp³-hybridized carbons (Fsp3) is 0.294. The van der Waals surface area contributed by atoms with Gasteiger partial charge in [-0.2, -0.15) is 0 Å². The van der Waals surface area contributed by atoms with Crippen LogP contribution >= 0.6 is 24.8 Å². The van der Waals surface area contributed by atoms with Gasteiger partial charge in [0.2, 0.25) is 0 Å². The van der Waals surface area contributed by atoms with E-state index in [4.69, 9.17) is 4.74 Å². The third-order valence-electron chi connectivity index (χ3n) is 4.11. The number of hydrogen-bond acceptors (Lipinski definition) is 2. The van der Waals surface area contributed by atoms with Crippen LogP contribution in [-0.2, 0) is 6.42 Å². The van der Waals surface area contributed by atoms with E-state index in [0.717, 1.165) is 17.9 Å². The van der Waals surface area contributed by atoms with Crippen LogP contribution in [0.3, 0.4) is 0 Å². The highest BCUT2D eigenvalue weighted by atomic mass is 35.5. The van der Waals surface area contributed by atoms with Crippen LogP contribution in [0.25, 0.3) is 0 Å². The van der Waals surface area contributed by atoms with E-state index in [9.17, 15) is 0 Å². The van der Waals surface area contributed by atoms with Gasteiger partial charge in [0.1, 0.15) is 11.5 Å². The van der Waals surface area contributed by atoms with Crippen LogP contribution in [0.4, 0.5) is 5.69 Å². The Morgan fingerprint density at radius 2 is 1.52 bits per heavy atom. The number of benzene rings is 2. The van der Waals surface area contributed by atoms with E-state index in [-0.39, 0.29) is 24.8 Å². The highest BCUT2D eigenvalue weighted by molar-refractivity contribution is 5.85. The van der Waals surface area contributed by atoms with Crippen LogP contribution in [0, 0.1) is 0 Å². The van der Waals surface area contributed by atoms with Crippen molar-refractivity contribution in [2.24, 2.45) is 0 Å². The van der Waals surface area contributed by atoms with Gasteiger partial charge in [-0.25, -0.2) is 0 Å². The van der Waals surface area contributed by atoms with Gasteiger partial charge in [-0.05, 0) is 36.6 Å². The smallest absolute Gasteiger partial charge is 0.133 e. The summed E-state index contributed by atoms with van der Waals surface area (Å²) in [5, 5.41) is 0. The molecule has 0 bridgehead atoms. The lowest BCUT2D eigenvalue weighted by Gasteiger charge is -2.27. The molecule has 0 amide bonds. The summed E-state index contributed by atoms with van der Waals surface area (Å²) >= 11 is 0. The van der Waals surface area contributed by atoms with Crippen molar-refractivity contribution in [2.75, 3.05) is 18.0 Å². The number of hydrogen-bond donors (Lipinski definition) is 0. The zero-order valence-electron chi connectivity index (χ0n) is 11.7. The van der Waals surface area contributed by atoms with Gasteiger partial charge >= 0.3 is 0 Å². The van der Waals surface area contributed by atoms with Crippen molar-refractivity contribution in [3.8, 4) is 11.5 Å². The molecule has 1 fully saturated rings. The number of rotatable bonds is 1. The topological polar surface area (TPSA) is 12.5 Å². The summed E-state index contributed by atoms with van der Waals surface area (Å²) < 4.78 is 6.05. The minimum atomic E-state index is 0. The zero-order chi connectivity index (χ0) is 12.7. The van der Waals surface area contributed by atoms with Gasteiger partial charge in [0.05, 0.1) is 0 Å². The minimum Gasteiger partial charge on any atom is -0.457 e. The average Bonchev–Trinajstić information content (AvgIpc) is 2.98. The van der Waals surface area contributed by atoms with Gasteiger partial charge in [0.15, 0.2) is 0 Å². The van der Waals surface area contributed by atoms with Crippen molar-refractivity contribution in [2.45, 2.75) is 19.3 Å². The Kier molecular flexibility index (Phi) is 5.02. The quantitative estimate of drug-likeness (QED) is 0.636. The lowest BCUT2D eigenvalue weighted by molar-refractivity contribution is 0.460. The van der Waals surface area contributed by atoms with E-state index in [1.54, 1.807) is 0 Å². The van der Waals surface area contributed by atoms with Crippen molar-refractivity contribution in [1.29, 1.82) is 0 Å². The standard InChI is InChI=1S/C17H17NO.2ClH/c1-2-8-16-13(6-1)12-14-15(18-10-3-4-11-18)7-5-9-17(14)19-16;;/h1-2,5-9H,3-4,10-12H2;2*1H. The molecule has 0 saturated carbocycles. The van der Waals surface area contributed by atoms with Crippen LogP contribution in [0.2, 0.25) is 0 Å². The van der Waals surface area contributed by atoms with Crippen molar-refractivity contribution in [3.05, 3.63) is 53.6 Å². The molecule has 0 N–H and O–H groups in total. The van der Waals surface area contributed by atoms with Gasteiger partial charge in [0, 0.05) is 30.8 Å². The highest BCUT2D eigenvalue weighted by Gasteiger charge is 2.23. The maximum atomic E-state index is 6.05. The molecule has 0 atom stereocenters. The van der Waals surface area contributed by atoms with Gasteiger partial charge in [-0.15, -0.1) is 24.8 Å². The van der Waals surface area contributed by atoms with Gasteiger partial charge in [-0.1, -0.05) is 24.3 Å². The largest absolute Gasteiger partial charge is 0.457 e. The first-order valence-corrected chi connectivity index (χ1v) is 7.04. The molecule has 112 valence electrons. The Morgan fingerprint density at radius 3 is 2.33 bits per heavy atom.